The van der Waals surface area contributed by atoms with E-state index in [4.69, 9.17) is 14.4 Å². The van der Waals surface area contributed by atoms with Gasteiger partial charge in [0, 0.05) is 57.0 Å². The number of rotatable bonds is 4. The zero-order chi connectivity index (χ0) is 40.5. The molecule has 0 spiro atoms. The van der Waals surface area contributed by atoms with Gasteiger partial charge in [-0.05, 0) is 98.3 Å². The molecular weight excluding hydrogens is 755 g/mol. The van der Waals surface area contributed by atoms with Gasteiger partial charge in [-0.2, -0.15) is 0 Å². The second kappa shape index (κ2) is 12.8. The molecule has 0 radical (unpaired) electrons. The van der Waals surface area contributed by atoms with Crippen LogP contribution in [0.2, 0.25) is 0 Å². The molecule has 1 aliphatic carbocycles. The third kappa shape index (κ3) is 4.95. The van der Waals surface area contributed by atoms with E-state index in [1.54, 1.807) is 0 Å². The molecule has 0 saturated heterocycles. The van der Waals surface area contributed by atoms with E-state index in [1.807, 2.05) is 0 Å². The number of hydrogen-bond acceptors (Lipinski definition) is 3. The lowest BCUT2D eigenvalue weighted by atomic mass is 9.85. The van der Waals surface area contributed by atoms with E-state index in [-0.39, 0.29) is 11.8 Å². The van der Waals surface area contributed by atoms with Gasteiger partial charge in [-0.25, -0.2) is 9.98 Å². The summed E-state index contributed by atoms with van der Waals surface area (Å²) in [5.74, 6) is 0.928. The van der Waals surface area contributed by atoms with Crippen LogP contribution in [0.1, 0.15) is 52.5 Å². The fourth-order valence-corrected chi connectivity index (χ4v) is 10.9. The standard InChI is InChI=1S/C58H37N3O/c1-2-12-35-27-39(22-21-34(35)11-1)51-32-47-38-23-24-45-48-28-36-13-3-4-14-37(36)29-53(48)61(52(45)30-38)54-33-56-49(46-19-9-10-20-55(46)62-56)31-50(54)58(47)60-57(59-51)26-25-44-42-17-7-5-15-40(42)41-16-6-8-18-43(41)44/h1-24,27-33,44,47H,25-26H2. The molecule has 0 saturated carbocycles. The number of nitrogens with zero attached hydrogens (tertiary/aromatic N) is 3. The number of hydrogen-bond donors (Lipinski definition) is 0. The van der Waals surface area contributed by atoms with Crippen molar-refractivity contribution in [3.63, 3.8) is 0 Å². The highest BCUT2D eigenvalue weighted by Gasteiger charge is 2.32. The quantitative estimate of drug-likeness (QED) is 0.175. The van der Waals surface area contributed by atoms with Gasteiger partial charge in [-0.1, -0.05) is 140 Å². The van der Waals surface area contributed by atoms with Crippen molar-refractivity contribution in [1.29, 1.82) is 0 Å². The minimum Gasteiger partial charge on any atom is -0.456 e. The van der Waals surface area contributed by atoms with Gasteiger partial charge in [0.15, 0.2) is 0 Å². The number of para-hydroxylation sites is 1. The van der Waals surface area contributed by atoms with Crippen LogP contribution >= 0.6 is 0 Å². The minimum absolute atomic E-state index is 0.171. The Labute approximate surface area is 357 Å². The summed E-state index contributed by atoms with van der Waals surface area (Å²) in [6.07, 6.45) is 3.98. The molecule has 0 fully saturated rings. The molecule has 1 unspecified atom stereocenters. The molecule has 0 N–H and O–H groups in total. The molecule has 4 heterocycles. The van der Waals surface area contributed by atoms with Crippen molar-refractivity contribution in [1.82, 2.24) is 4.57 Å². The van der Waals surface area contributed by atoms with Crippen molar-refractivity contribution in [2.45, 2.75) is 24.7 Å². The summed E-state index contributed by atoms with van der Waals surface area (Å²) >= 11 is 0. The van der Waals surface area contributed by atoms with E-state index >= 15 is 0 Å². The van der Waals surface area contributed by atoms with Crippen molar-refractivity contribution >= 4 is 82.5 Å². The molecule has 2 aromatic heterocycles. The summed E-state index contributed by atoms with van der Waals surface area (Å²) in [5, 5.41) is 9.51. The van der Waals surface area contributed by atoms with Gasteiger partial charge in [-0.3, -0.25) is 0 Å². The Kier molecular flexibility index (Phi) is 7.03. The Morgan fingerprint density at radius 1 is 0.484 bits per heavy atom. The van der Waals surface area contributed by atoms with E-state index in [1.165, 1.54) is 71.2 Å². The molecule has 1 atom stereocenters. The Hall–Kier alpha value is -7.82. The van der Waals surface area contributed by atoms with Crippen molar-refractivity contribution < 1.29 is 4.42 Å². The van der Waals surface area contributed by atoms with E-state index < -0.39 is 0 Å². The molecule has 290 valence electrons. The lowest BCUT2D eigenvalue weighted by molar-refractivity contribution is 0.668. The summed E-state index contributed by atoms with van der Waals surface area (Å²) in [7, 11) is 0. The maximum Gasteiger partial charge on any atom is 0.137 e. The molecule has 11 aromatic rings. The van der Waals surface area contributed by atoms with Crippen LogP contribution in [0.4, 0.5) is 0 Å². The second-order valence-electron chi connectivity index (χ2n) is 17.2. The molecule has 0 amide bonds. The van der Waals surface area contributed by atoms with Gasteiger partial charge >= 0.3 is 0 Å². The van der Waals surface area contributed by atoms with Crippen molar-refractivity contribution in [3.05, 3.63) is 216 Å². The number of benzene rings is 9. The van der Waals surface area contributed by atoms with E-state index in [9.17, 15) is 0 Å². The smallest absolute Gasteiger partial charge is 0.137 e. The lowest BCUT2D eigenvalue weighted by Gasteiger charge is -2.24. The summed E-state index contributed by atoms with van der Waals surface area (Å²) in [4.78, 5) is 11.4. The van der Waals surface area contributed by atoms with Crippen LogP contribution < -0.4 is 0 Å². The van der Waals surface area contributed by atoms with Gasteiger partial charge in [0.2, 0.25) is 0 Å². The maximum absolute atomic E-state index is 6.66. The molecular formula is C58H37N3O. The Bertz CT molecular complexity index is 3790. The Balaban J connectivity index is 1.04. The monoisotopic (exact) mass is 791 g/mol. The van der Waals surface area contributed by atoms with Crippen LogP contribution in [0, 0.1) is 0 Å². The third-order valence-electron chi connectivity index (χ3n) is 13.8. The van der Waals surface area contributed by atoms with Gasteiger partial charge in [0.05, 0.1) is 28.1 Å². The van der Waals surface area contributed by atoms with Crippen LogP contribution in [0.25, 0.3) is 87.8 Å². The highest BCUT2D eigenvalue weighted by Crippen LogP contribution is 2.48. The summed E-state index contributed by atoms with van der Waals surface area (Å²) < 4.78 is 9.12. The first-order chi connectivity index (χ1) is 30.7. The zero-order valence-electron chi connectivity index (χ0n) is 33.7. The van der Waals surface area contributed by atoms with E-state index in [2.05, 4.69) is 193 Å². The van der Waals surface area contributed by atoms with Crippen molar-refractivity contribution in [3.8, 4) is 16.8 Å². The van der Waals surface area contributed by atoms with Crippen molar-refractivity contribution in [2.24, 2.45) is 9.98 Å². The van der Waals surface area contributed by atoms with Crippen LogP contribution in [-0.4, -0.2) is 16.1 Å². The topological polar surface area (TPSA) is 42.8 Å². The number of aliphatic imine (C=N–C) groups is 2. The number of allylic oxidation sites excluding steroid dienone is 1. The first kappa shape index (κ1) is 34.0. The van der Waals surface area contributed by atoms with Crippen LogP contribution in [0.3, 0.4) is 0 Å². The van der Waals surface area contributed by atoms with E-state index in [0.29, 0.717) is 6.42 Å². The zero-order valence-corrected chi connectivity index (χ0v) is 33.7. The number of fused-ring (bicyclic) bond motifs is 17. The third-order valence-corrected chi connectivity index (χ3v) is 13.8. The Morgan fingerprint density at radius 3 is 2.00 bits per heavy atom. The fraction of sp³-hybridized carbons (Fsp3) is 0.0690. The van der Waals surface area contributed by atoms with Crippen LogP contribution in [-0.2, 0) is 0 Å². The molecule has 14 rings (SSSR count). The van der Waals surface area contributed by atoms with Gasteiger partial charge < -0.3 is 8.98 Å². The van der Waals surface area contributed by atoms with Gasteiger partial charge in [0.1, 0.15) is 17.0 Å². The Morgan fingerprint density at radius 2 is 1.18 bits per heavy atom. The van der Waals surface area contributed by atoms with Gasteiger partial charge in [-0.15, -0.1) is 0 Å². The molecule has 3 aliphatic rings. The molecule has 62 heavy (non-hydrogen) atoms. The predicted octanol–water partition coefficient (Wildman–Crippen LogP) is 14.9. The average molecular weight is 792 g/mol. The van der Waals surface area contributed by atoms with Crippen molar-refractivity contribution in [2.75, 3.05) is 0 Å². The van der Waals surface area contributed by atoms with Crippen LogP contribution in [0.15, 0.2) is 202 Å². The summed E-state index contributed by atoms with van der Waals surface area (Å²) in [6, 6.07) is 66.6. The molecule has 2 bridgehead atoms. The SMILES string of the molecule is C1=C(c2ccc3ccccc3c2)N=C(CCC2c3ccccc3-c3ccccc32)N=C2c3cc4c(cc3-n3c5cc(ccc5c5cc6ccccc6cc53)C12)oc1ccccc14. The van der Waals surface area contributed by atoms with Crippen LogP contribution in [0.5, 0.6) is 0 Å². The second-order valence-corrected chi connectivity index (χ2v) is 17.2. The largest absolute Gasteiger partial charge is 0.456 e. The number of aromatic nitrogens is 1. The first-order valence-corrected chi connectivity index (χ1v) is 21.7. The number of amidine groups is 1. The normalized spacial score (nSPS) is 15.6. The molecule has 4 heteroatoms. The lowest BCUT2D eigenvalue weighted by Crippen LogP contribution is -2.18. The maximum atomic E-state index is 6.66. The van der Waals surface area contributed by atoms with Gasteiger partial charge in [0.25, 0.3) is 0 Å². The minimum atomic E-state index is -0.171. The molecule has 9 aromatic carbocycles. The highest BCUT2D eigenvalue weighted by atomic mass is 16.3. The fourth-order valence-electron chi connectivity index (χ4n) is 10.9. The van der Waals surface area contributed by atoms with E-state index in [0.717, 1.165) is 62.4 Å². The number of furan rings is 1. The summed E-state index contributed by atoms with van der Waals surface area (Å²) in [5.41, 5.74) is 15.9. The first-order valence-electron chi connectivity index (χ1n) is 21.7. The highest BCUT2D eigenvalue weighted by molar-refractivity contribution is 6.22. The predicted molar refractivity (Wildman–Crippen MR) is 257 cm³/mol. The molecule has 2 aliphatic heterocycles. The molecule has 4 nitrogen and oxygen atoms in total. The summed E-state index contributed by atoms with van der Waals surface area (Å²) in [6.45, 7) is 0. The average Bonchev–Trinajstić information content (AvgIpc) is 3.90.